The minimum absolute atomic E-state index is 0.444. The number of methoxy groups -OCH3 is 1. The largest absolute Gasteiger partial charge is 0.492 e. The highest BCUT2D eigenvalue weighted by Gasteiger charge is 2.09. The Morgan fingerprint density at radius 2 is 1.87 bits per heavy atom. The topological polar surface area (TPSA) is 27.1 Å². The molecule has 0 aliphatic carbocycles. The van der Waals surface area contributed by atoms with Gasteiger partial charge in [0, 0.05) is 5.02 Å². The van der Waals surface area contributed by atoms with Crippen LogP contribution in [0.25, 0.3) is 5.69 Å². The van der Waals surface area contributed by atoms with Gasteiger partial charge in [-0.25, -0.2) is 4.68 Å². The molecule has 1 aromatic carbocycles. The van der Waals surface area contributed by atoms with Crippen LogP contribution in [0.15, 0.2) is 30.5 Å². The Labute approximate surface area is 97.2 Å². The standard InChI is InChI=1S/C10H8Cl2N2O/c1-15-9-6-13-14(10(9)12)8-4-2-7(11)3-5-8/h2-6H,1H3. The molecule has 0 aliphatic rings. The zero-order valence-corrected chi connectivity index (χ0v) is 9.46. The summed E-state index contributed by atoms with van der Waals surface area (Å²) in [5, 5.41) is 5.22. The molecule has 0 saturated carbocycles. The van der Waals surface area contributed by atoms with Gasteiger partial charge in [0.2, 0.25) is 0 Å². The van der Waals surface area contributed by atoms with Crippen molar-refractivity contribution in [2.24, 2.45) is 0 Å². The van der Waals surface area contributed by atoms with Crippen LogP contribution < -0.4 is 4.74 Å². The van der Waals surface area contributed by atoms with Crippen LogP contribution in [0, 0.1) is 0 Å². The molecule has 2 rings (SSSR count). The Morgan fingerprint density at radius 1 is 1.20 bits per heavy atom. The fourth-order valence-corrected chi connectivity index (χ4v) is 1.61. The van der Waals surface area contributed by atoms with E-state index in [4.69, 9.17) is 27.9 Å². The van der Waals surface area contributed by atoms with Crippen molar-refractivity contribution in [2.45, 2.75) is 0 Å². The van der Waals surface area contributed by atoms with Crippen molar-refractivity contribution in [2.75, 3.05) is 7.11 Å². The zero-order chi connectivity index (χ0) is 10.8. The second kappa shape index (κ2) is 4.13. The number of ether oxygens (including phenoxy) is 1. The van der Waals surface area contributed by atoms with Crippen LogP contribution >= 0.6 is 23.2 Å². The van der Waals surface area contributed by atoms with Gasteiger partial charge in [0.15, 0.2) is 10.9 Å². The molecule has 3 nitrogen and oxygen atoms in total. The predicted octanol–water partition coefficient (Wildman–Crippen LogP) is 3.19. The highest BCUT2D eigenvalue weighted by Crippen LogP contribution is 2.26. The first-order chi connectivity index (χ1) is 7.22. The molecule has 2 aromatic rings. The summed E-state index contributed by atoms with van der Waals surface area (Å²) in [7, 11) is 1.55. The second-order valence-electron chi connectivity index (χ2n) is 2.89. The molecule has 0 aliphatic heterocycles. The van der Waals surface area contributed by atoms with E-state index in [0.29, 0.717) is 15.9 Å². The van der Waals surface area contributed by atoms with Gasteiger partial charge in [0.05, 0.1) is 19.0 Å². The normalized spacial score (nSPS) is 10.3. The molecule has 5 heteroatoms. The molecule has 1 heterocycles. The highest BCUT2D eigenvalue weighted by atomic mass is 35.5. The first-order valence-corrected chi connectivity index (χ1v) is 5.01. The number of halogens is 2. The number of aromatic nitrogens is 2. The summed E-state index contributed by atoms with van der Waals surface area (Å²) >= 11 is 11.8. The van der Waals surface area contributed by atoms with Crippen LogP contribution in [0.4, 0.5) is 0 Å². The molecule has 15 heavy (non-hydrogen) atoms. The van der Waals surface area contributed by atoms with Gasteiger partial charge in [-0.15, -0.1) is 0 Å². The summed E-state index contributed by atoms with van der Waals surface area (Å²) in [5.41, 5.74) is 0.840. The lowest BCUT2D eigenvalue weighted by Gasteiger charge is -2.03. The second-order valence-corrected chi connectivity index (χ2v) is 3.69. The summed E-state index contributed by atoms with van der Waals surface area (Å²) in [5.74, 6) is 0.548. The molecule has 78 valence electrons. The monoisotopic (exact) mass is 242 g/mol. The van der Waals surface area contributed by atoms with Gasteiger partial charge in [-0.3, -0.25) is 0 Å². The molecule has 1 aromatic heterocycles. The van der Waals surface area contributed by atoms with Gasteiger partial charge >= 0.3 is 0 Å². The van der Waals surface area contributed by atoms with Gasteiger partial charge in [-0.2, -0.15) is 5.10 Å². The highest BCUT2D eigenvalue weighted by molar-refractivity contribution is 6.31. The molecule has 0 N–H and O–H groups in total. The SMILES string of the molecule is COc1cnn(-c2ccc(Cl)cc2)c1Cl. The van der Waals surface area contributed by atoms with Crippen molar-refractivity contribution in [3.05, 3.63) is 40.6 Å². The van der Waals surface area contributed by atoms with E-state index in [2.05, 4.69) is 5.10 Å². The fourth-order valence-electron chi connectivity index (χ4n) is 1.22. The van der Waals surface area contributed by atoms with Crippen molar-refractivity contribution in [3.63, 3.8) is 0 Å². The van der Waals surface area contributed by atoms with Crippen molar-refractivity contribution in [1.82, 2.24) is 9.78 Å². The van der Waals surface area contributed by atoms with Crippen LogP contribution in [0.3, 0.4) is 0 Å². The van der Waals surface area contributed by atoms with Crippen LogP contribution in [-0.4, -0.2) is 16.9 Å². The van der Waals surface area contributed by atoms with E-state index in [1.807, 2.05) is 12.1 Å². The van der Waals surface area contributed by atoms with Gasteiger partial charge in [0.25, 0.3) is 0 Å². The first kappa shape index (κ1) is 10.3. The van der Waals surface area contributed by atoms with Gasteiger partial charge in [-0.05, 0) is 24.3 Å². The summed E-state index contributed by atoms with van der Waals surface area (Å²) in [6.07, 6.45) is 1.57. The van der Waals surface area contributed by atoms with Crippen molar-refractivity contribution >= 4 is 23.2 Å². The number of rotatable bonds is 2. The minimum atomic E-state index is 0.444. The average molecular weight is 243 g/mol. The smallest absolute Gasteiger partial charge is 0.176 e. The Hall–Kier alpha value is -1.19. The lowest BCUT2D eigenvalue weighted by atomic mass is 10.3. The maximum Gasteiger partial charge on any atom is 0.176 e. The van der Waals surface area contributed by atoms with Crippen LogP contribution in [0.5, 0.6) is 5.75 Å². The predicted molar refractivity (Wildman–Crippen MR) is 60.1 cm³/mol. The van der Waals surface area contributed by atoms with E-state index in [1.165, 1.54) is 0 Å². The van der Waals surface area contributed by atoms with Gasteiger partial charge < -0.3 is 4.74 Å². The molecule has 0 fully saturated rings. The maximum atomic E-state index is 6.04. The maximum absolute atomic E-state index is 6.04. The van der Waals surface area contributed by atoms with E-state index < -0.39 is 0 Å². The van der Waals surface area contributed by atoms with E-state index in [0.717, 1.165) is 5.69 Å². The summed E-state index contributed by atoms with van der Waals surface area (Å²) < 4.78 is 6.61. The minimum Gasteiger partial charge on any atom is -0.492 e. The van der Waals surface area contributed by atoms with Crippen molar-refractivity contribution in [3.8, 4) is 11.4 Å². The molecule has 0 amide bonds. The quantitative estimate of drug-likeness (QED) is 0.809. The number of hydrogen-bond donors (Lipinski definition) is 0. The van der Waals surface area contributed by atoms with Crippen LogP contribution in [0.2, 0.25) is 10.2 Å². The third kappa shape index (κ3) is 1.94. The molecular formula is C10H8Cl2N2O. The molecule has 0 spiro atoms. The van der Waals surface area contributed by atoms with Crippen LogP contribution in [0.1, 0.15) is 0 Å². The van der Waals surface area contributed by atoms with Gasteiger partial charge in [-0.1, -0.05) is 23.2 Å². The lowest BCUT2D eigenvalue weighted by Crippen LogP contribution is -1.95. The number of nitrogens with zero attached hydrogens (tertiary/aromatic N) is 2. The number of benzene rings is 1. The Balaban J connectivity index is 2.45. The van der Waals surface area contributed by atoms with Gasteiger partial charge in [0.1, 0.15) is 0 Å². The third-order valence-electron chi connectivity index (χ3n) is 1.97. The van der Waals surface area contributed by atoms with E-state index >= 15 is 0 Å². The Bertz CT molecular complexity index is 465. The van der Waals surface area contributed by atoms with E-state index in [-0.39, 0.29) is 0 Å². The molecular weight excluding hydrogens is 235 g/mol. The van der Waals surface area contributed by atoms with Crippen LogP contribution in [-0.2, 0) is 0 Å². The molecule has 0 radical (unpaired) electrons. The molecule has 0 unspecified atom stereocenters. The zero-order valence-electron chi connectivity index (χ0n) is 7.95. The van der Waals surface area contributed by atoms with E-state index in [1.54, 1.807) is 30.1 Å². The molecule has 0 bridgehead atoms. The molecule has 0 saturated heterocycles. The Morgan fingerprint density at radius 3 is 2.40 bits per heavy atom. The summed E-state index contributed by atoms with van der Waals surface area (Å²) in [6.45, 7) is 0. The average Bonchev–Trinajstić information content (AvgIpc) is 2.61. The summed E-state index contributed by atoms with van der Waals surface area (Å²) in [4.78, 5) is 0. The first-order valence-electron chi connectivity index (χ1n) is 4.26. The Kier molecular flexibility index (Phi) is 2.84. The van der Waals surface area contributed by atoms with Crippen molar-refractivity contribution < 1.29 is 4.74 Å². The number of hydrogen-bond acceptors (Lipinski definition) is 2. The lowest BCUT2D eigenvalue weighted by molar-refractivity contribution is 0.415. The van der Waals surface area contributed by atoms with E-state index in [9.17, 15) is 0 Å². The van der Waals surface area contributed by atoms with Crippen molar-refractivity contribution in [1.29, 1.82) is 0 Å². The third-order valence-corrected chi connectivity index (χ3v) is 2.57. The summed E-state index contributed by atoms with van der Waals surface area (Å²) in [6, 6.07) is 7.23. The molecule has 0 atom stereocenters. The fraction of sp³-hybridized carbons (Fsp3) is 0.100.